The van der Waals surface area contributed by atoms with Crippen molar-refractivity contribution >= 4 is 23.8 Å². The Morgan fingerprint density at radius 1 is 1.44 bits per heavy atom. The molecule has 1 N–H and O–H groups in total. The molecule has 0 aliphatic heterocycles. The fourth-order valence-corrected chi connectivity index (χ4v) is 1.55. The number of carbonyl (C=O) groups excluding carboxylic acids is 2. The lowest BCUT2D eigenvalue weighted by atomic mass is 10.1. The third-order valence-corrected chi connectivity index (χ3v) is 2.26. The summed E-state index contributed by atoms with van der Waals surface area (Å²) in [6.07, 6.45) is 0.696. The lowest BCUT2D eigenvalue weighted by Crippen LogP contribution is -2.43. The van der Waals surface area contributed by atoms with Crippen LogP contribution in [0.2, 0.25) is 5.02 Å². The molecule has 5 heteroatoms. The van der Waals surface area contributed by atoms with Crippen LogP contribution in [0.5, 0.6) is 5.75 Å². The maximum atomic E-state index is 11.5. The first-order valence-electron chi connectivity index (χ1n) is 5.50. The van der Waals surface area contributed by atoms with E-state index in [0.717, 1.165) is 0 Å². The molecule has 0 fully saturated rings. The molecule has 0 spiro atoms. The number of aldehydes is 1. The molecule has 0 atom stereocenters. The highest BCUT2D eigenvalue weighted by Crippen LogP contribution is 2.24. The molecule has 0 saturated heterocycles. The van der Waals surface area contributed by atoms with Crippen molar-refractivity contribution in [3.63, 3.8) is 0 Å². The minimum absolute atomic E-state index is 0.114. The van der Waals surface area contributed by atoms with Crippen LogP contribution in [-0.4, -0.2) is 24.3 Å². The second-order valence-electron chi connectivity index (χ2n) is 4.89. The normalized spacial score (nSPS) is 10.9. The molecule has 98 valence electrons. The Balaban J connectivity index is 2.59. The number of carbonyl (C=O) groups is 2. The molecule has 0 unspecified atom stereocenters. The SMILES string of the molecule is CC(C)(C)NC(=O)COc1ccc(C=O)cc1Cl. The molecule has 0 heterocycles. The van der Waals surface area contributed by atoms with Gasteiger partial charge in [-0.15, -0.1) is 0 Å². The average Bonchev–Trinajstić information content (AvgIpc) is 2.25. The summed E-state index contributed by atoms with van der Waals surface area (Å²) < 4.78 is 5.28. The van der Waals surface area contributed by atoms with E-state index < -0.39 is 0 Å². The Labute approximate surface area is 111 Å². The highest BCUT2D eigenvalue weighted by Gasteiger charge is 2.14. The van der Waals surface area contributed by atoms with E-state index in [1.807, 2.05) is 20.8 Å². The van der Waals surface area contributed by atoms with Gasteiger partial charge < -0.3 is 10.1 Å². The standard InChI is InChI=1S/C13H16ClNO3/c1-13(2,3)15-12(17)8-18-11-5-4-9(7-16)6-10(11)14/h4-7H,8H2,1-3H3,(H,15,17). The van der Waals surface area contributed by atoms with E-state index in [-0.39, 0.29) is 18.1 Å². The molecule has 1 rings (SSSR count). The second kappa shape index (κ2) is 5.87. The van der Waals surface area contributed by atoms with Crippen molar-refractivity contribution < 1.29 is 14.3 Å². The third kappa shape index (κ3) is 4.75. The highest BCUT2D eigenvalue weighted by molar-refractivity contribution is 6.32. The summed E-state index contributed by atoms with van der Waals surface area (Å²) in [5.41, 5.74) is 0.164. The molecule has 1 aromatic carbocycles. The zero-order valence-electron chi connectivity index (χ0n) is 10.6. The number of hydrogen-bond donors (Lipinski definition) is 1. The molecule has 1 aromatic rings. The van der Waals surface area contributed by atoms with Crippen LogP contribution in [0.25, 0.3) is 0 Å². The van der Waals surface area contributed by atoms with Crippen molar-refractivity contribution in [3.05, 3.63) is 28.8 Å². The van der Waals surface area contributed by atoms with Crippen molar-refractivity contribution in [2.24, 2.45) is 0 Å². The number of halogens is 1. The van der Waals surface area contributed by atoms with Crippen LogP contribution in [0.1, 0.15) is 31.1 Å². The summed E-state index contributed by atoms with van der Waals surface area (Å²) in [7, 11) is 0. The molecule has 18 heavy (non-hydrogen) atoms. The van der Waals surface area contributed by atoms with Crippen LogP contribution in [0, 0.1) is 0 Å². The van der Waals surface area contributed by atoms with E-state index in [2.05, 4.69) is 5.32 Å². The Morgan fingerprint density at radius 2 is 2.11 bits per heavy atom. The van der Waals surface area contributed by atoms with Gasteiger partial charge in [-0.25, -0.2) is 0 Å². The van der Waals surface area contributed by atoms with Gasteiger partial charge >= 0.3 is 0 Å². The third-order valence-electron chi connectivity index (χ3n) is 1.97. The largest absolute Gasteiger partial charge is 0.482 e. The number of hydrogen-bond acceptors (Lipinski definition) is 3. The quantitative estimate of drug-likeness (QED) is 0.854. The van der Waals surface area contributed by atoms with Gasteiger partial charge in [-0.05, 0) is 39.0 Å². The van der Waals surface area contributed by atoms with E-state index in [0.29, 0.717) is 22.6 Å². The van der Waals surface area contributed by atoms with E-state index in [1.165, 1.54) is 6.07 Å². The Morgan fingerprint density at radius 3 is 2.61 bits per heavy atom. The molecule has 0 aliphatic rings. The molecule has 0 aromatic heterocycles. The monoisotopic (exact) mass is 269 g/mol. The van der Waals surface area contributed by atoms with E-state index in [9.17, 15) is 9.59 Å². The molecular formula is C13H16ClNO3. The zero-order chi connectivity index (χ0) is 13.8. The van der Waals surface area contributed by atoms with Gasteiger partial charge in [-0.1, -0.05) is 11.6 Å². The lowest BCUT2D eigenvalue weighted by Gasteiger charge is -2.20. The number of nitrogens with one attached hydrogen (secondary N) is 1. The predicted octanol–water partition coefficient (Wildman–Crippen LogP) is 2.45. The summed E-state index contributed by atoms with van der Waals surface area (Å²) in [5.74, 6) is 0.157. The first-order chi connectivity index (χ1) is 8.31. The maximum absolute atomic E-state index is 11.5. The van der Waals surface area contributed by atoms with Crippen molar-refractivity contribution in [1.82, 2.24) is 5.32 Å². The minimum Gasteiger partial charge on any atom is -0.482 e. The van der Waals surface area contributed by atoms with E-state index in [1.54, 1.807) is 12.1 Å². The Kier molecular flexibility index (Phi) is 4.73. The van der Waals surface area contributed by atoms with Crippen LogP contribution in [0.15, 0.2) is 18.2 Å². The fourth-order valence-electron chi connectivity index (χ4n) is 1.31. The summed E-state index contributed by atoms with van der Waals surface area (Å²) in [5, 5.41) is 3.08. The molecule has 1 amide bonds. The van der Waals surface area contributed by atoms with Crippen LogP contribution >= 0.6 is 11.6 Å². The predicted molar refractivity (Wildman–Crippen MR) is 70.2 cm³/mol. The summed E-state index contributed by atoms with van der Waals surface area (Å²) in [6.45, 7) is 5.54. The topological polar surface area (TPSA) is 55.4 Å². The summed E-state index contributed by atoms with van der Waals surface area (Å²) in [6, 6.07) is 4.64. The van der Waals surface area contributed by atoms with Gasteiger partial charge in [0.2, 0.25) is 0 Å². The summed E-state index contributed by atoms with van der Waals surface area (Å²) in [4.78, 5) is 22.1. The smallest absolute Gasteiger partial charge is 0.258 e. The Bertz CT molecular complexity index is 452. The molecule has 4 nitrogen and oxygen atoms in total. The van der Waals surface area contributed by atoms with Crippen molar-refractivity contribution in [1.29, 1.82) is 0 Å². The van der Waals surface area contributed by atoms with Crippen LogP contribution in [0.3, 0.4) is 0 Å². The van der Waals surface area contributed by atoms with E-state index in [4.69, 9.17) is 16.3 Å². The Hall–Kier alpha value is -1.55. The molecule has 0 bridgehead atoms. The highest BCUT2D eigenvalue weighted by atomic mass is 35.5. The number of amides is 1. The van der Waals surface area contributed by atoms with Crippen LogP contribution in [0.4, 0.5) is 0 Å². The molecule has 0 aliphatic carbocycles. The second-order valence-corrected chi connectivity index (χ2v) is 5.30. The lowest BCUT2D eigenvalue weighted by molar-refractivity contribution is -0.124. The number of benzene rings is 1. The van der Waals surface area contributed by atoms with Gasteiger partial charge in [0.05, 0.1) is 5.02 Å². The van der Waals surface area contributed by atoms with Gasteiger partial charge in [0.25, 0.3) is 5.91 Å². The number of rotatable bonds is 4. The van der Waals surface area contributed by atoms with Crippen LogP contribution in [-0.2, 0) is 4.79 Å². The van der Waals surface area contributed by atoms with Gasteiger partial charge in [0.15, 0.2) is 6.61 Å². The van der Waals surface area contributed by atoms with Gasteiger partial charge in [0, 0.05) is 11.1 Å². The summed E-state index contributed by atoms with van der Waals surface area (Å²) >= 11 is 5.91. The maximum Gasteiger partial charge on any atom is 0.258 e. The first kappa shape index (κ1) is 14.5. The molecule has 0 saturated carbocycles. The molecular weight excluding hydrogens is 254 g/mol. The average molecular weight is 270 g/mol. The van der Waals surface area contributed by atoms with Crippen molar-refractivity contribution in [2.75, 3.05) is 6.61 Å². The minimum atomic E-state index is -0.300. The van der Waals surface area contributed by atoms with Gasteiger partial charge in [-0.2, -0.15) is 0 Å². The first-order valence-corrected chi connectivity index (χ1v) is 5.88. The fraction of sp³-hybridized carbons (Fsp3) is 0.385. The van der Waals surface area contributed by atoms with Crippen LogP contribution < -0.4 is 10.1 Å². The van der Waals surface area contributed by atoms with E-state index >= 15 is 0 Å². The zero-order valence-corrected chi connectivity index (χ0v) is 11.4. The van der Waals surface area contributed by atoms with Gasteiger partial charge in [-0.3, -0.25) is 9.59 Å². The van der Waals surface area contributed by atoms with Crippen molar-refractivity contribution in [2.45, 2.75) is 26.3 Å². The van der Waals surface area contributed by atoms with Crippen molar-refractivity contribution in [3.8, 4) is 5.75 Å². The van der Waals surface area contributed by atoms with Gasteiger partial charge in [0.1, 0.15) is 12.0 Å². The number of ether oxygens (including phenoxy) is 1. The molecule has 0 radical (unpaired) electrons.